The van der Waals surface area contributed by atoms with Gasteiger partial charge in [-0.2, -0.15) is 0 Å². The Balaban J connectivity index is 1.72. The van der Waals surface area contributed by atoms with Crippen LogP contribution in [0.5, 0.6) is 0 Å². The molecule has 1 unspecified atom stereocenters. The van der Waals surface area contributed by atoms with Gasteiger partial charge in [0.1, 0.15) is 5.01 Å². The molecule has 1 atom stereocenters. The van der Waals surface area contributed by atoms with Gasteiger partial charge in [-0.1, -0.05) is 23.2 Å². The number of benzene rings is 1. The molecule has 1 saturated carbocycles. The van der Waals surface area contributed by atoms with Gasteiger partial charge >= 0.3 is 0 Å². The minimum atomic E-state index is 0.115. The van der Waals surface area contributed by atoms with Gasteiger partial charge in [0.2, 0.25) is 0 Å². The van der Waals surface area contributed by atoms with Crippen LogP contribution in [0, 0.1) is 0 Å². The molecule has 0 aliphatic heterocycles. The zero-order valence-corrected chi connectivity index (χ0v) is 13.9. The molecule has 4 rings (SSSR count). The van der Waals surface area contributed by atoms with E-state index in [1.54, 1.807) is 6.07 Å². The van der Waals surface area contributed by atoms with E-state index in [1.165, 1.54) is 36.3 Å². The molecular formula is C16H16Cl2N2S. The van der Waals surface area contributed by atoms with Crippen molar-refractivity contribution in [1.29, 1.82) is 0 Å². The Kier molecular flexibility index (Phi) is 3.70. The maximum absolute atomic E-state index is 6.18. The highest BCUT2D eigenvalue weighted by molar-refractivity contribution is 7.11. The summed E-state index contributed by atoms with van der Waals surface area (Å²) in [5, 5.41) is 6.22. The van der Waals surface area contributed by atoms with Crippen LogP contribution < -0.4 is 5.32 Å². The summed E-state index contributed by atoms with van der Waals surface area (Å²) in [6.45, 7) is 0. The Morgan fingerprint density at radius 3 is 2.57 bits per heavy atom. The molecule has 0 saturated heterocycles. The van der Waals surface area contributed by atoms with E-state index in [9.17, 15) is 0 Å². The van der Waals surface area contributed by atoms with Crippen LogP contribution in [0.25, 0.3) is 0 Å². The minimum Gasteiger partial charge on any atom is -0.301 e. The molecule has 110 valence electrons. The second kappa shape index (κ2) is 5.54. The standard InChI is InChI=1S/C16H16Cl2N2S/c17-10-6-9(7-11(18)8-10)15(19-12-4-5-12)16-20-13-2-1-3-14(13)21-16/h6-8,12,15,19H,1-5H2. The summed E-state index contributed by atoms with van der Waals surface area (Å²) in [4.78, 5) is 6.34. The number of rotatable bonds is 4. The third-order valence-corrected chi connectivity index (χ3v) is 5.72. The molecule has 0 spiro atoms. The Morgan fingerprint density at radius 1 is 1.14 bits per heavy atom. The van der Waals surface area contributed by atoms with Gasteiger partial charge in [-0.3, -0.25) is 0 Å². The number of nitrogens with one attached hydrogen (secondary N) is 1. The number of nitrogens with zero attached hydrogens (tertiary/aromatic N) is 1. The fraction of sp³-hybridized carbons (Fsp3) is 0.438. The second-order valence-corrected chi connectivity index (χ2v) is 7.84. The first kappa shape index (κ1) is 14.0. The van der Waals surface area contributed by atoms with E-state index in [0.29, 0.717) is 16.1 Å². The number of aryl methyl sites for hydroxylation is 2. The molecule has 2 aliphatic carbocycles. The first-order valence-electron chi connectivity index (χ1n) is 7.39. The number of hydrogen-bond donors (Lipinski definition) is 1. The van der Waals surface area contributed by atoms with Gasteiger partial charge in [-0.25, -0.2) is 4.98 Å². The number of halogens is 2. The summed E-state index contributed by atoms with van der Waals surface area (Å²) in [6.07, 6.45) is 6.04. The smallest absolute Gasteiger partial charge is 0.115 e. The van der Waals surface area contributed by atoms with Gasteiger partial charge in [0.25, 0.3) is 0 Å². The van der Waals surface area contributed by atoms with Crippen LogP contribution in [0.2, 0.25) is 10.0 Å². The molecule has 2 aliphatic rings. The molecular weight excluding hydrogens is 323 g/mol. The molecule has 2 aromatic rings. The maximum Gasteiger partial charge on any atom is 0.115 e. The Morgan fingerprint density at radius 2 is 1.90 bits per heavy atom. The summed E-state index contributed by atoms with van der Waals surface area (Å²) in [6, 6.07) is 6.50. The molecule has 1 aromatic heterocycles. The van der Waals surface area contributed by atoms with Gasteiger partial charge in [-0.05, 0) is 55.9 Å². The van der Waals surface area contributed by atoms with Crippen molar-refractivity contribution in [3.05, 3.63) is 49.4 Å². The summed E-state index contributed by atoms with van der Waals surface area (Å²) in [7, 11) is 0. The topological polar surface area (TPSA) is 24.9 Å². The van der Waals surface area contributed by atoms with Crippen molar-refractivity contribution < 1.29 is 0 Å². The van der Waals surface area contributed by atoms with Crippen molar-refractivity contribution in [2.24, 2.45) is 0 Å². The molecule has 21 heavy (non-hydrogen) atoms. The van der Waals surface area contributed by atoms with Gasteiger partial charge in [0.05, 0.1) is 11.7 Å². The Hall–Kier alpha value is -0.610. The zero-order chi connectivity index (χ0) is 14.4. The number of hydrogen-bond acceptors (Lipinski definition) is 3. The molecule has 0 amide bonds. The fourth-order valence-corrected chi connectivity index (χ4v) is 4.66. The van der Waals surface area contributed by atoms with Crippen molar-refractivity contribution in [3.63, 3.8) is 0 Å². The Bertz CT molecular complexity index is 637. The minimum absolute atomic E-state index is 0.115. The van der Waals surface area contributed by atoms with Crippen LogP contribution >= 0.6 is 34.5 Å². The lowest BCUT2D eigenvalue weighted by Gasteiger charge is -2.17. The SMILES string of the molecule is Clc1cc(Cl)cc(C(NC2CC2)c2nc3c(s2)CCC3)c1. The molecule has 2 nitrogen and oxygen atoms in total. The summed E-state index contributed by atoms with van der Waals surface area (Å²) in [5.41, 5.74) is 2.41. The highest BCUT2D eigenvalue weighted by Crippen LogP contribution is 2.36. The summed E-state index contributed by atoms with van der Waals surface area (Å²) < 4.78 is 0. The molecule has 0 radical (unpaired) electrons. The normalized spacial score (nSPS) is 18.8. The van der Waals surface area contributed by atoms with Gasteiger partial charge < -0.3 is 5.32 Å². The summed E-state index contributed by atoms with van der Waals surface area (Å²) >= 11 is 14.2. The largest absolute Gasteiger partial charge is 0.301 e. The van der Waals surface area contributed by atoms with Crippen molar-refractivity contribution in [2.75, 3.05) is 0 Å². The molecule has 1 aromatic carbocycles. The van der Waals surface area contributed by atoms with Crippen LogP contribution in [0.4, 0.5) is 0 Å². The third kappa shape index (κ3) is 2.98. The van der Waals surface area contributed by atoms with Crippen LogP contribution in [-0.2, 0) is 12.8 Å². The maximum atomic E-state index is 6.18. The summed E-state index contributed by atoms with van der Waals surface area (Å²) in [5.74, 6) is 0. The molecule has 5 heteroatoms. The quantitative estimate of drug-likeness (QED) is 0.867. The highest BCUT2D eigenvalue weighted by atomic mass is 35.5. The lowest BCUT2D eigenvalue weighted by atomic mass is 10.1. The first-order chi connectivity index (χ1) is 10.2. The number of fused-ring (bicyclic) bond motifs is 1. The van der Waals surface area contributed by atoms with Crippen LogP contribution in [0.3, 0.4) is 0 Å². The average Bonchev–Trinajstić information content (AvgIpc) is 2.98. The lowest BCUT2D eigenvalue weighted by molar-refractivity contribution is 0.596. The molecule has 1 N–H and O–H groups in total. The van der Waals surface area contributed by atoms with Gasteiger partial charge in [-0.15, -0.1) is 11.3 Å². The van der Waals surface area contributed by atoms with Crippen LogP contribution in [0.15, 0.2) is 18.2 Å². The predicted octanol–water partition coefficient (Wildman–Crippen LogP) is 4.78. The van der Waals surface area contributed by atoms with Crippen LogP contribution in [0.1, 0.15) is 46.4 Å². The second-order valence-electron chi connectivity index (χ2n) is 5.85. The van der Waals surface area contributed by atoms with Crippen molar-refractivity contribution in [1.82, 2.24) is 10.3 Å². The van der Waals surface area contributed by atoms with Crippen molar-refractivity contribution >= 4 is 34.5 Å². The van der Waals surface area contributed by atoms with Gasteiger partial charge in [0.15, 0.2) is 0 Å². The van der Waals surface area contributed by atoms with Crippen molar-refractivity contribution in [2.45, 2.75) is 44.2 Å². The molecule has 1 heterocycles. The molecule has 0 bridgehead atoms. The monoisotopic (exact) mass is 338 g/mol. The van der Waals surface area contributed by atoms with E-state index < -0.39 is 0 Å². The van der Waals surface area contributed by atoms with E-state index in [1.807, 2.05) is 23.5 Å². The highest BCUT2D eigenvalue weighted by Gasteiger charge is 2.29. The van der Waals surface area contributed by atoms with Crippen LogP contribution in [-0.4, -0.2) is 11.0 Å². The van der Waals surface area contributed by atoms with E-state index in [0.717, 1.165) is 17.0 Å². The lowest BCUT2D eigenvalue weighted by Crippen LogP contribution is -2.24. The fourth-order valence-electron chi connectivity index (χ4n) is 2.87. The first-order valence-corrected chi connectivity index (χ1v) is 8.97. The number of aromatic nitrogens is 1. The van der Waals surface area contributed by atoms with E-state index >= 15 is 0 Å². The average molecular weight is 339 g/mol. The Labute approximate surface area is 138 Å². The van der Waals surface area contributed by atoms with Gasteiger partial charge in [0, 0.05) is 21.0 Å². The van der Waals surface area contributed by atoms with Crippen molar-refractivity contribution in [3.8, 4) is 0 Å². The van der Waals surface area contributed by atoms with E-state index in [2.05, 4.69) is 5.32 Å². The zero-order valence-electron chi connectivity index (χ0n) is 11.5. The predicted molar refractivity (Wildman–Crippen MR) is 88.6 cm³/mol. The van der Waals surface area contributed by atoms with E-state index in [-0.39, 0.29) is 6.04 Å². The third-order valence-electron chi connectivity index (χ3n) is 4.06. The molecule has 1 fully saturated rings. The number of thiazole rings is 1. The van der Waals surface area contributed by atoms with E-state index in [4.69, 9.17) is 28.2 Å².